The fraction of sp³-hybridized carbons (Fsp3) is 0.968. The molecule has 0 spiro atoms. The molecule has 34 heavy (non-hydrogen) atoms. The third-order valence-corrected chi connectivity index (χ3v) is 13.0. The van der Waals surface area contributed by atoms with Gasteiger partial charge in [0, 0.05) is 13.3 Å². The average Bonchev–Trinajstić information content (AvgIpc) is 3.11. The maximum Gasteiger partial charge on any atom is 0.302 e. The van der Waals surface area contributed by atoms with Crippen LogP contribution in [0.4, 0.5) is 0 Å². The minimum atomic E-state index is -0.197. The van der Waals surface area contributed by atoms with Crippen LogP contribution in [-0.4, -0.2) is 16.9 Å². The Bertz CT molecular complexity index is 735. The Balaban J connectivity index is 1.46. The third-order valence-electron chi connectivity index (χ3n) is 12.2. The zero-order valence-corrected chi connectivity index (χ0v) is 24.1. The lowest BCUT2D eigenvalue weighted by Gasteiger charge is -2.64. The molecule has 4 aliphatic carbocycles. The van der Waals surface area contributed by atoms with Crippen LogP contribution in [-0.2, 0) is 9.53 Å². The van der Waals surface area contributed by atoms with E-state index in [0.717, 1.165) is 67.1 Å². The first kappa shape index (κ1) is 26.8. The maximum absolute atomic E-state index is 11.6. The van der Waals surface area contributed by atoms with E-state index in [2.05, 4.69) is 41.5 Å². The monoisotopic (exact) mass is 492 g/mol. The van der Waals surface area contributed by atoms with Gasteiger partial charge in [-0.05, 0) is 110 Å². The Morgan fingerprint density at radius 1 is 0.971 bits per heavy atom. The van der Waals surface area contributed by atoms with E-state index in [1.54, 1.807) is 0 Å². The molecule has 0 N–H and O–H groups in total. The summed E-state index contributed by atoms with van der Waals surface area (Å²) in [5.41, 5.74) is 0.711. The summed E-state index contributed by atoms with van der Waals surface area (Å²) in [5, 5.41) is 0. The van der Waals surface area contributed by atoms with Gasteiger partial charge in [-0.1, -0.05) is 54.4 Å². The Kier molecular flexibility index (Phi) is 7.81. The van der Waals surface area contributed by atoms with E-state index < -0.39 is 0 Å². The summed E-state index contributed by atoms with van der Waals surface area (Å²) in [4.78, 5) is 11.4. The summed E-state index contributed by atoms with van der Waals surface area (Å²) >= 11 is 7.49. The number of hydrogen-bond acceptors (Lipinski definition) is 2. The Hall–Kier alpha value is -0.240. The van der Waals surface area contributed by atoms with Crippen LogP contribution in [0.25, 0.3) is 0 Å². The zero-order valence-electron chi connectivity index (χ0n) is 23.3. The van der Waals surface area contributed by atoms with E-state index in [1.165, 1.54) is 58.3 Å². The second-order valence-corrected chi connectivity index (χ2v) is 14.7. The molecule has 0 saturated heterocycles. The van der Waals surface area contributed by atoms with Crippen molar-refractivity contribution in [3.8, 4) is 0 Å². The Morgan fingerprint density at radius 3 is 2.35 bits per heavy atom. The first-order chi connectivity index (χ1) is 15.9. The van der Waals surface area contributed by atoms with Crippen molar-refractivity contribution in [2.24, 2.45) is 52.3 Å². The lowest BCUT2D eigenvalue weighted by Crippen LogP contribution is -2.60. The van der Waals surface area contributed by atoms with Gasteiger partial charge in [0.05, 0.1) is 4.87 Å². The van der Waals surface area contributed by atoms with E-state index in [9.17, 15) is 4.79 Å². The Morgan fingerprint density at radius 2 is 1.71 bits per heavy atom. The molecular weight excluding hydrogens is 440 g/mol. The van der Waals surface area contributed by atoms with Gasteiger partial charge >= 0.3 is 5.97 Å². The number of halogens is 1. The molecule has 0 bridgehead atoms. The smallest absolute Gasteiger partial charge is 0.302 e. The fourth-order valence-corrected chi connectivity index (χ4v) is 10.7. The molecule has 0 radical (unpaired) electrons. The predicted molar refractivity (Wildman–Crippen MR) is 143 cm³/mol. The van der Waals surface area contributed by atoms with E-state index in [1.807, 2.05) is 0 Å². The van der Waals surface area contributed by atoms with Crippen molar-refractivity contribution in [1.82, 2.24) is 0 Å². The maximum atomic E-state index is 11.6. The summed E-state index contributed by atoms with van der Waals surface area (Å²) in [5.74, 6) is 5.78. The standard InChI is InChI=1S/C31H53ClO2/c1-8-23(20(2)3)10-9-21(4)26-11-12-27-25-14-18-31(32)19-24(34-22(5)33)13-17-30(31,7)28(25)15-16-29(26,27)6/h20-21,23-28H,8-19H2,1-7H3/t21-,23-,24+,25+,26-,27+,28+,29-,30-,31-/m1/s1. The predicted octanol–water partition coefficient (Wildman–Crippen LogP) is 9.04. The summed E-state index contributed by atoms with van der Waals surface area (Å²) in [7, 11) is 0. The molecule has 0 aromatic carbocycles. The first-order valence-corrected chi connectivity index (χ1v) is 15.2. The molecule has 4 fully saturated rings. The van der Waals surface area contributed by atoms with Gasteiger partial charge in [-0.15, -0.1) is 11.6 Å². The Labute approximate surface area is 215 Å². The van der Waals surface area contributed by atoms with Crippen molar-refractivity contribution in [2.75, 3.05) is 0 Å². The van der Waals surface area contributed by atoms with Crippen LogP contribution in [0.2, 0.25) is 0 Å². The molecule has 0 aliphatic heterocycles. The van der Waals surface area contributed by atoms with Crippen LogP contribution >= 0.6 is 11.6 Å². The molecular formula is C31H53ClO2. The van der Waals surface area contributed by atoms with Gasteiger partial charge in [0.1, 0.15) is 6.10 Å². The normalized spacial score (nSPS) is 45.7. The molecule has 196 valence electrons. The number of carbonyl (C=O) groups excluding carboxylic acids is 1. The molecule has 4 saturated carbocycles. The highest BCUT2D eigenvalue weighted by Gasteiger charge is 2.64. The highest BCUT2D eigenvalue weighted by molar-refractivity contribution is 6.24. The van der Waals surface area contributed by atoms with Crippen LogP contribution in [0.1, 0.15) is 126 Å². The van der Waals surface area contributed by atoms with Crippen LogP contribution in [0.15, 0.2) is 0 Å². The summed E-state index contributed by atoms with van der Waals surface area (Å²) in [6.07, 6.45) is 15.1. The summed E-state index contributed by atoms with van der Waals surface area (Å²) < 4.78 is 5.65. The number of carbonyl (C=O) groups is 1. The van der Waals surface area contributed by atoms with Crippen molar-refractivity contribution in [1.29, 1.82) is 0 Å². The molecule has 4 aliphatic rings. The van der Waals surface area contributed by atoms with Crippen LogP contribution in [0.5, 0.6) is 0 Å². The lowest BCUT2D eigenvalue weighted by molar-refractivity contribution is -0.157. The van der Waals surface area contributed by atoms with Gasteiger partial charge in [0.15, 0.2) is 0 Å². The molecule has 0 amide bonds. The SMILES string of the molecule is CC[C@H](CC[C@@H](C)[C@H]1CC[C@H]2[C@@H]3CC[C@@]4(Cl)C[C@@H](OC(C)=O)CC[C@]4(C)[C@H]3CC[C@]12C)C(C)C. The second-order valence-electron chi connectivity index (χ2n) is 14.0. The lowest BCUT2D eigenvalue weighted by atomic mass is 9.44. The molecule has 2 nitrogen and oxygen atoms in total. The van der Waals surface area contributed by atoms with Gasteiger partial charge in [0.25, 0.3) is 0 Å². The highest BCUT2D eigenvalue weighted by Crippen LogP contribution is 2.70. The molecule has 0 unspecified atom stereocenters. The molecule has 3 heteroatoms. The molecule has 4 rings (SSSR count). The van der Waals surface area contributed by atoms with E-state index in [4.69, 9.17) is 16.3 Å². The van der Waals surface area contributed by atoms with E-state index in [-0.39, 0.29) is 22.4 Å². The third kappa shape index (κ3) is 4.50. The van der Waals surface area contributed by atoms with Crippen LogP contribution in [0, 0.1) is 52.3 Å². The summed E-state index contributed by atoms with van der Waals surface area (Å²) in [6, 6.07) is 0. The fourth-order valence-electron chi connectivity index (χ4n) is 10.2. The van der Waals surface area contributed by atoms with Crippen LogP contribution < -0.4 is 0 Å². The average molecular weight is 493 g/mol. The van der Waals surface area contributed by atoms with Crippen molar-refractivity contribution < 1.29 is 9.53 Å². The van der Waals surface area contributed by atoms with Gasteiger partial charge in [-0.2, -0.15) is 0 Å². The van der Waals surface area contributed by atoms with Gasteiger partial charge < -0.3 is 4.74 Å². The largest absolute Gasteiger partial charge is 0.462 e. The summed E-state index contributed by atoms with van der Waals surface area (Å²) in [6.45, 7) is 16.5. The first-order valence-electron chi connectivity index (χ1n) is 14.8. The number of hydrogen-bond donors (Lipinski definition) is 0. The van der Waals surface area contributed by atoms with E-state index in [0.29, 0.717) is 5.41 Å². The number of esters is 1. The topological polar surface area (TPSA) is 26.3 Å². The van der Waals surface area contributed by atoms with Crippen molar-refractivity contribution >= 4 is 17.6 Å². The minimum absolute atomic E-state index is 0.0166. The van der Waals surface area contributed by atoms with Crippen molar-refractivity contribution in [2.45, 2.75) is 136 Å². The number of fused-ring (bicyclic) bond motifs is 5. The van der Waals surface area contributed by atoms with Crippen LogP contribution in [0.3, 0.4) is 0 Å². The van der Waals surface area contributed by atoms with Gasteiger partial charge in [-0.25, -0.2) is 0 Å². The number of ether oxygens (including phenoxy) is 1. The van der Waals surface area contributed by atoms with Crippen molar-refractivity contribution in [3.63, 3.8) is 0 Å². The molecule has 0 heterocycles. The second kappa shape index (κ2) is 9.90. The highest BCUT2D eigenvalue weighted by atomic mass is 35.5. The van der Waals surface area contributed by atoms with E-state index >= 15 is 0 Å². The van der Waals surface area contributed by atoms with Crippen molar-refractivity contribution in [3.05, 3.63) is 0 Å². The van der Waals surface area contributed by atoms with Gasteiger partial charge in [-0.3, -0.25) is 4.79 Å². The minimum Gasteiger partial charge on any atom is -0.462 e. The number of alkyl halides is 1. The quantitative estimate of drug-likeness (QED) is 0.261. The molecule has 0 aromatic heterocycles. The number of rotatable bonds is 7. The molecule has 0 aromatic rings. The van der Waals surface area contributed by atoms with Gasteiger partial charge in [0.2, 0.25) is 0 Å². The molecule has 10 atom stereocenters. The zero-order chi connectivity index (χ0) is 24.9.